The van der Waals surface area contributed by atoms with Crippen LogP contribution in [0.25, 0.3) is 0 Å². The molecule has 1 aliphatic rings. The molecular formula is C14H27N3O3. The van der Waals surface area contributed by atoms with Crippen molar-refractivity contribution >= 4 is 11.8 Å². The molecule has 1 atom stereocenters. The largest absolute Gasteiger partial charge is 0.383 e. The molecule has 6 heteroatoms. The summed E-state index contributed by atoms with van der Waals surface area (Å²) in [5.74, 6) is -0.0344. The first-order chi connectivity index (χ1) is 9.64. The molecule has 1 saturated heterocycles. The zero-order valence-electron chi connectivity index (χ0n) is 12.6. The van der Waals surface area contributed by atoms with Gasteiger partial charge in [0.05, 0.1) is 12.1 Å². The molecule has 0 saturated carbocycles. The minimum absolute atomic E-state index is 0.0292. The summed E-state index contributed by atoms with van der Waals surface area (Å²) in [5, 5.41) is 8.93. The summed E-state index contributed by atoms with van der Waals surface area (Å²) >= 11 is 0. The fourth-order valence-electron chi connectivity index (χ4n) is 2.59. The maximum Gasteiger partial charge on any atom is 0.240 e. The van der Waals surface area contributed by atoms with E-state index >= 15 is 0 Å². The lowest BCUT2D eigenvalue weighted by Gasteiger charge is -2.27. The van der Waals surface area contributed by atoms with Crippen molar-refractivity contribution in [3.8, 4) is 0 Å². The van der Waals surface area contributed by atoms with Crippen molar-refractivity contribution in [3.05, 3.63) is 0 Å². The monoisotopic (exact) mass is 285 g/mol. The molecule has 1 aliphatic heterocycles. The van der Waals surface area contributed by atoms with E-state index in [2.05, 4.69) is 22.9 Å². The van der Waals surface area contributed by atoms with E-state index in [9.17, 15) is 9.59 Å². The molecule has 0 aromatic carbocycles. The molecule has 1 rings (SSSR count). The van der Waals surface area contributed by atoms with Crippen molar-refractivity contribution < 1.29 is 14.3 Å². The van der Waals surface area contributed by atoms with Crippen LogP contribution in [-0.4, -0.2) is 50.7 Å². The van der Waals surface area contributed by atoms with Crippen LogP contribution in [0.2, 0.25) is 0 Å². The van der Waals surface area contributed by atoms with E-state index in [1.165, 1.54) is 0 Å². The van der Waals surface area contributed by atoms with E-state index < -0.39 is 5.54 Å². The van der Waals surface area contributed by atoms with Gasteiger partial charge >= 0.3 is 0 Å². The van der Waals surface area contributed by atoms with Crippen molar-refractivity contribution in [3.63, 3.8) is 0 Å². The predicted molar refractivity (Wildman–Crippen MR) is 77.4 cm³/mol. The number of carbonyl (C=O) groups is 2. The lowest BCUT2D eigenvalue weighted by molar-refractivity contribution is -0.127. The number of hydrogen-bond acceptors (Lipinski definition) is 4. The molecule has 0 aliphatic carbocycles. The van der Waals surface area contributed by atoms with Crippen LogP contribution in [0, 0.1) is 0 Å². The van der Waals surface area contributed by atoms with Gasteiger partial charge in [-0.2, -0.15) is 0 Å². The van der Waals surface area contributed by atoms with Gasteiger partial charge in [-0.3, -0.25) is 9.59 Å². The van der Waals surface area contributed by atoms with Gasteiger partial charge in [0.1, 0.15) is 0 Å². The lowest BCUT2D eigenvalue weighted by Crippen LogP contribution is -2.53. The summed E-state index contributed by atoms with van der Waals surface area (Å²) in [6, 6.07) is 0. The molecule has 1 fully saturated rings. The summed E-state index contributed by atoms with van der Waals surface area (Å²) < 4.78 is 4.85. The van der Waals surface area contributed by atoms with E-state index in [-0.39, 0.29) is 11.8 Å². The Bertz CT molecular complexity index is 315. The molecule has 1 unspecified atom stereocenters. The zero-order valence-corrected chi connectivity index (χ0v) is 12.6. The fourth-order valence-corrected chi connectivity index (χ4v) is 2.59. The topological polar surface area (TPSA) is 79.5 Å². The Hall–Kier alpha value is -1.14. The van der Waals surface area contributed by atoms with Gasteiger partial charge in [0, 0.05) is 26.6 Å². The van der Waals surface area contributed by atoms with E-state index in [0.717, 1.165) is 32.2 Å². The Morgan fingerprint density at radius 1 is 1.30 bits per heavy atom. The van der Waals surface area contributed by atoms with Gasteiger partial charge in [-0.05, 0) is 25.8 Å². The summed E-state index contributed by atoms with van der Waals surface area (Å²) in [4.78, 5) is 23.8. The van der Waals surface area contributed by atoms with Crippen LogP contribution in [0.3, 0.4) is 0 Å². The van der Waals surface area contributed by atoms with Gasteiger partial charge in [-0.25, -0.2) is 0 Å². The van der Waals surface area contributed by atoms with Crippen molar-refractivity contribution in [1.29, 1.82) is 0 Å². The Morgan fingerprint density at radius 3 is 2.70 bits per heavy atom. The first-order valence-corrected chi connectivity index (χ1v) is 7.43. The van der Waals surface area contributed by atoms with Crippen LogP contribution in [0.5, 0.6) is 0 Å². The van der Waals surface area contributed by atoms with Crippen molar-refractivity contribution in [2.24, 2.45) is 0 Å². The number of nitrogens with one attached hydrogen (secondary N) is 3. The third kappa shape index (κ3) is 5.09. The fraction of sp³-hybridized carbons (Fsp3) is 0.857. The molecule has 6 nitrogen and oxygen atoms in total. The van der Waals surface area contributed by atoms with E-state index in [1.54, 1.807) is 7.11 Å². The summed E-state index contributed by atoms with van der Waals surface area (Å²) in [5.41, 5.74) is -0.415. The number of ether oxygens (including phenoxy) is 1. The average Bonchev–Trinajstić information content (AvgIpc) is 2.89. The second-order valence-corrected chi connectivity index (χ2v) is 5.21. The van der Waals surface area contributed by atoms with Gasteiger partial charge in [-0.1, -0.05) is 13.3 Å². The molecule has 3 N–H and O–H groups in total. The van der Waals surface area contributed by atoms with Crippen LogP contribution in [0.4, 0.5) is 0 Å². The highest BCUT2D eigenvalue weighted by atomic mass is 16.5. The average molecular weight is 285 g/mol. The smallest absolute Gasteiger partial charge is 0.240 e. The second kappa shape index (κ2) is 8.92. The molecule has 0 radical (unpaired) electrons. The normalized spacial score (nSPS) is 21.7. The summed E-state index contributed by atoms with van der Waals surface area (Å²) in [6.45, 7) is 4.36. The van der Waals surface area contributed by atoms with Crippen molar-refractivity contribution in [2.75, 3.05) is 33.4 Å². The zero-order chi connectivity index (χ0) is 14.8. The van der Waals surface area contributed by atoms with E-state index in [1.807, 2.05) is 0 Å². The minimum Gasteiger partial charge on any atom is -0.383 e. The van der Waals surface area contributed by atoms with Crippen LogP contribution < -0.4 is 16.0 Å². The number of amides is 2. The maximum atomic E-state index is 12.3. The highest BCUT2D eigenvalue weighted by Crippen LogP contribution is 2.24. The number of hydrogen-bond donors (Lipinski definition) is 3. The third-order valence-electron chi connectivity index (χ3n) is 3.62. The van der Waals surface area contributed by atoms with Gasteiger partial charge in [0.15, 0.2) is 0 Å². The maximum absolute atomic E-state index is 12.3. The van der Waals surface area contributed by atoms with Gasteiger partial charge in [-0.15, -0.1) is 0 Å². The SMILES string of the molecule is CCCC1(C(=O)NCCC(=O)NCCOC)CCCN1. The predicted octanol–water partition coefficient (Wildman–Crippen LogP) is 0.178. The van der Waals surface area contributed by atoms with Gasteiger partial charge < -0.3 is 20.7 Å². The Balaban J connectivity index is 2.26. The summed E-state index contributed by atoms with van der Waals surface area (Å²) in [7, 11) is 1.59. The number of rotatable bonds is 9. The molecule has 0 aromatic heterocycles. The number of carbonyl (C=O) groups excluding carboxylic acids is 2. The third-order valence-corrected chi connectivity index (χ3v) is 3.62. The highest BCUT2D eigenvalue weighted by Gasteiger charge is 2.39. The van der Waals surface area contributed by atoms with Crippen molar-refractivity contribution in [2.45, 2.75) is 44.6 Å². The van der Waals surface area contributed by atoms with Gasteiger partial charge in [0.2, 0.25) is 11.8 Å². The van der Waals surface area contributed by atoms with Crippen LogP contribution >= 0.6 is 0 Å². The van der Waals surface area contributed by atoms with E-state index in [4.69, 9.17) is 4.74 Å². The molecule has 0 spiro atoms. The highest BCUT2D eigenvalue weighted by molar-refractivity contribution is 5.87. The van der Waals surface area contributed by atoms with E-state index in [0.29, 0.717) is 26.1 Å². The quantitative estimate of drug-likeness (QED) is 0.528. The molecule has 20 heavy (non-hydrogen) atoms. The van der Waals surface area contributed by atoms with Crippen molar-refractivity contribution in [1.82, 2.24) is 16.0 Å². The first kappa shape index (κ1) is 16.9. The van der Waals surface area contributed by atoms with Crippen LogP contribution in [0.1, 0.15) is 39.0 Å². The standard InChI is InChI=1S/C14H27N3O3/c1-3-6-14(7-4-8-17-14)13(19)16-9-5-12(18)15-10-11-20-2/h17H,3-11H2,1-2H3,(H,15,18)(H,16,19). The van der Waals surface area contributed by atoms with Gasteiger partial charge in [0.25, 0.3) is 0 Å². The molecule has 0 aromatic rings. The number of methoxy groups -OCH3 is 1. The van der Waals surface area contributed by atoms with Crippen LogP contribution in [-0.2, 0) is 14.3 Å². The Kier molecular flexibility index (Phi) is 7.54. The molecule has 2 amide bonds. The lowest BCUT2D eigenvalue weighted by atomic mass is 9.91. The minimum atomic E-state index is -0.415. The second-order valence-electron chi connectivity index (χ2n) is 5.21. The molecular weight excluding hydrogens is 258 g/mol. The van der Waals surface area contributed by atoms with Crippen LogP contribution in [0.15, 0.2) is 0 Å². The molecule has 1 heterocycles. The first-order valence-electron chi connectivity index (χ1n) is 7.43. The Morgan fingerprint density at radius 2 is 2.10 bits per heavy atom. The Labute approximate surface area is 121 Å². The summed E-state index contributed by atoms with van der Waals surface area (Å²) in [6.07, 6.45) is 4.03. The molecule has 0 bridgehead atoms. The molecule has 116 valence electrons.